The summed E-state index contributed by atoms with van der Waals surface area (Å²) in [5.41, 5.74) is 1.00. The Labute approximate surface area is 189 Å². The molecule has 0 radical (unpaired) electrons. The number of hydrogen-bond acceptors (Lipinski definition) is 7. The number of aromatic nitrogens is 4. The number of fused-ring (bicyclic) bond motifs is 1. The highest BCUT2D eigenvalue weighted by Gasteiger charge is 2.42. The molecule has 0 bridgehead atoms. The zero-order chi connectivity index (χ0) is 24.2. The molecule has 1 amide bonds. The first-order valence-electron chi connectivity index (χ1n) is 9.43. The van der Waals surface area contributed by atoms with Crippen LogP contribution in [0.15, 0.2) is 30.7 Å². The zero-order valence-corrected chi connectivity index (χ0v) is 17.5. The van der Waals surface area contributed by atoms with Crippen molar-refractivity contribution >= 4 is 28.4 Å². The lowest BCUT2D eigenvalue weighted by molar-refractivity contribution is -0.148. The Balaban J connectivity index is 1.73. The lowest BCUT2D eigenvalue weighted by atomic mass is 10.2. The van der Waals surface area contributed by atoms with Gasteiger partial charge in [0.1, 0.15) is 10.7 Å². The van der Waals surface area contributed by atoms with Crippen LogP contribution in [0.2, 0.25) is 5.02 Å². The van der Waals surface area contributed by atoms with Crippen molar-refractivity contribution < 1.29 is 37.3 Å². The third-order valence-electron chi connectivity index (χ3n) is 4.33. The first-order valence-corrected chi connectivity index (χ1v) is 9.81. The fraction of sp³-hybridized carbons (Fsp3) is 0.368. The summed E-state index contributed by atoms with van der Waals surface area (Å²) in [5, 5.41) is 25.3. The third-order valence-corrected chi connectivity index (χ3v) is 4.61. The summed E-state index contributed by atoms with van der Waals surface area (Å²) >= 11 is 5.97. The molecule has 3 rings (SSSR count). The van der Waals surface area contributed by atoms with Crippen molar-refractivity contribution in [1.82, 2.24) is 25.1 Å². The molecule has 0 aromatic carbocycles. The molecule has 0 unspecified atom stereocenters. The molecular formula is C19H18ClF4N5O4. The maximum Gasteiger partial charge on any atom is 0.340 e. The summed E-state index contributed by atoms with van der Waals surface area (Å²) < 4.78 is 56.6. The summed E-state index contributed by atoms with van der Waals surface area (Å²) in [6.07, 6.45) is -0.804. The molecule has 1 atom stereocenters. The number of rotatable bonds is 10. The summed E-state index contributed by atoms with van der Waals surface area (Å²) in [4.78, 5) is 20.2. The smallest absolute Gasteiger partial charge is 0.340 e. The van der Waals surface area contributed by atoms with Gasteiger partial charge in [-0.25, -0.2) is 13.8 Å². The van der Waals surface area contributed by atoms with E-state index in [0.717, 1.165) is 0 Å². The molecule has 0 aliphatic carbocycles. The molecule has 0 saturated carbocycles. The number of nitrogens with one attached hydrogen (secondary N) is 1. The van der Waals surface area contributed by atoms with Crippen LogP contribution in [0.1, 0.15) is 16.1 Å². The van der Waals surface area contributed by atoms with Crippen LogP contribution in [-0.2, 0) is 6.54 Å². The molecule has 33 heavy (non-hydrogen) atoms. The number of aliphatic hydroxyl groups is 2. The molecular weight excluding hydrogens is 474 g/mol. The lowest BCUT2D eigenvalue weighted by Crippen LogP contribution is -2.34. The first kappa shape index (κ1) is 24.6. The Bertz CT molecular complexity index is 1130. The van der Waals surface area contributed by atoms with Gasteiger partial charge in [-0.15, -0.1) is 0 Å². The Hall–Kier alpha value is -3.03. The highest BCUT2D eigenvalue weighted by molar-refractivity contribution is 6.31. The monoisotopic (exact) mass is 491 g/mol. The highest BCUT2D eigenvalue weighted by atomic mass is 35.5. The van der Waals surface area contributed by atoms with Crippen LogP contribution in [0.5, 0.6) is 5.88 Å². The second kappa shape index (κ2) is 10.3. The number of amides is 1. The van der Waals surface area contributed by atoms with Crippen LogP contribution in [0.4, 0.5) is 17.6 Å². The zero-order valence-electron chi connectivity index (χ0n) is 16.8. The Morgan fingerprint density at radius 3 is 2.76 bits per heavy atom. The van der Waals surface area contributed by atoms with E-state index in [1.807, 2.05) is 0 Å². The first-order chi connectivity index (χ1) is 15.6. The van der Waals surface area contributed by atoms with Gasteiger partial charge in [0, 0.05) is 25.1 Å². The quantitative estimate of drug-likeness (QED) is 0.370. The van der Waals surface area contributed by atoms with E-state index in [0.29, 0.717) is 16.5 Å². The van der Waals surface area contributed by atoms with Crippen molar-refractivity contribution in [2.45, 2.75) is 25.0 Å². The van der Waals surface area contributed by atoms with Gasteiger partial charge in [-0.05, 0) is 17.7 Å². The van der Waals surface area contributed by atoms with Gasteiger partial charge < -0.3 is 20.3 Å². The van der Waals surface area contributed by atoms with Crippen LogP contribution in [0, 0.1) is 0 Å². The molecule has 178 valence electrons. The van der Waals surface area contributed by atoms with E-state index in [4.69, 9.17) is 16.7 Å². The van der Waals surface area contributed by atoms with E-state index in [-0.39, 0.29) is 23.8 Å². The van der Waals surface area contributed by atoms with Crippen molar-refractivity contribution in [3.05, 3.63) is 47.0 Å². The van der Waals surface area contributed by atoms with Gasteiger partial charge in [-0.2, -0.15) is 13.9 Å². The van der Waals surface area contributed by atoms with Crippen molar-refractivity contribution in [2.75, 3.05) is 19.8 Å². The van der Waals surface area contributed by atoms with Crippen LogP contribution >= 0.6 is 11.6 Å². The number of aliphatic hydroxyl groups excluding tert-OH is 2. The number of pyridine rings is 2. The van der Waals surface area contributed by atoms with E-state index in [9.17, 15) is 27.5 Å². The van der Waals surface area contributed by atoms with Crippen molar-refractivity contribution in [2.24, 2.45) is 0 Å². The summed E-state index contributed by atoms with van der Waals surface area (Å²) in [6, 6.07) is 2.94. The number of carbonyl (C=O) groups excluding carboxylic acids is 1. The number of carbonyl (C=O) groups is 1. The summed E-state index contributed by atoms with van der Waals surface area (Å²) in [5.74, 6) is -5.33. The Morgan fingerprint density at radius 2 is 2.09 bits per heavy atom. The fourth-order valence-electron chi connectivity index (χ4n) is 2.69. The molecule has 0 saturated heterocycles. The maximum atomic E-state index is 13.0. The molecule has 0 fully saturated rings. The largest absolute Gasteiger partial charge is 0.470 e. The lowest BCUT2D eigenvalue weighted by Gasteiger charge is -2.16. The number of ether oxygens (including phenoxy) is 1. The minimum atomic E-state index is -4.34. The number of alkyl halides is 4. The van der Waals surface area contributed by atoms with E-state index in [1.165, 1.54) is 23.1 Å². The molecule has 14 heteroatoms. The standard InChI is InChI=1S/C19H18ClF4N5O4/c20-13-3-10(4-27-17(13)33-9-19(23,24)18(21)22)6-29-7-12-14(28-29)1-2-25-15(12)16(32)26-5-11(31)8-30/h1-4,7,11,18,30-31H,5-6,8-9H2,(H,26,32)/t11-/m1/s1. The summed E-state index contributed by atoms with van der Waals surface area (Å²) in [7, 11) is 0. The van der Waals surface area contributed by atoms with Crippen LogP contribution < -0.4 is 10.1 Å². The molecule has 0 aliphatic heterocycles. The molecule has 0 aliphatic rings. The fourth-order valence-corrected chi connectivity index (χ4v) is 2.93. The van der Waals surface area contributed by atoms with E-state index < -0.39 is 43.5 Å². The highest BCUT2D eigenvalue weighted by Crippen LogP contribution is 2.28. The van der Waals surface area contributed by atoms with Gasteiger partial charge >= 0.3 is 12.3 Å². The van der Waals surface area contributed by atoms with Gasteiger partial charge in [0.05, 0.1) is 30.2 Å². The molecule has 3 aromatic heterocycles. The second-order valence-corrected chi connectivity index (χ2v) is 7.35. The van der Waals surface area contributed by atoms with E-state index >= 15 is 0 Å². The van der Waals surface area contributed by atoms with Crippen molar-refractivity contribution in [3.63, 3.8) is 0 Å². The maximum absolute atomic E-state index is 13.0. The molecule has 0 spiro atoms. The Morgan fingerprint density at radius 1 is 1.33 bits per heavy atom. The average molecular weight is 492 g/mol. The van der Waals surface area contributed by atoms with Crippen LogP contribution in [-0.4, -0.2) is 74.1 Å². The topological polar surface area (TPSA) is 122 Å². The molecule has 9 nitrogen and oxygen atoms in total. The van der Waals surface area contributed by atoms with E-state index in [2.05, 4.69) is 25.1 Å². The van der Waals surface area contributed by atoms with Crippen molar-refractivity contribution in [3.8, 4) is 5.88 Å². The third kappa shape index (κ3) is 6.06. The summed E-state index contributed by atoms with van der Waals surface area (Å²) in [6.45, 7) is -2.12. The van der Waals surface area contributed by atoms with Gasteiger partial charge in [-0.1, -0.05) is 11.6 Å². The van der Waals surface area contributed by atoms with Gasteiger partial charge in [0.25, 0.3) is 5.91 Å². The average Bonchev–Trinajstić information content (AvgIpc) is 3.18. The molecule has 3 heterocycles. The number of hydrogen-bond donors (Lipinski definition) is 3. The molecule has 3 N–H and O–H groups in total. The second-order valence-electron chi connectivity index (χ2n) is 6.95. The normalized spacial score (nSPS) is 12.8. The van der Waals surface area contributed by atoms with Crippen LogP contribution in [0.25, 0.3) is 10.9 Å². The SMILES string of the molecule is O=C(NC[C@@H](O)CO)c1nccc2nn(Cc3cnc(OCC(F)(F)C(F)F)c(Cl)c3)cc12. The predicted molar refractivity (Wildman–Crippen MR) is 108 cm³/mol. The Kier molecular flexibility index (Phi) is 7.66. The number of nitrogens with zero attached hydrogens (tertiary/aromatic N) is 4. The number of halogens is 5. The van der Waals surface area contributed by atoms with Gasteiger partial charge in [0.15, 0.2) is 6.61 Å². The molecule has 3 aromatic rings. The van der Waals surface area contributed by atoms with E-state index in [1.54, 1.807) is 12.3 Å². The van der Waals surface area contributed by atoms with Gasteiger partial charge in [-0.3, -0.25) is 14.5 Å². The van der Waals surface area contributed by atoms with Gasteiger partial charge in [0.2, 0.25) is 5.88 Å². The minimum Gasteiger partial charge on any atom is -0.470 e. The van der Waals surface area contributed by atoms with Crippen molar-refractivity contribution in [1.29, 1.82) is 0 Å². The predicted octanol–water partition coefficient (Wildman–Crippen LogP) is 1.89. The minimum absolute atomic E-state index is 0.0590. The van der Waals surface area contributed by atoms with Crippen LogP contribution in [0.3, 0.4) is 0 Å².